The Bertz CT molecular complexity index is 1450. The topological polar surface area (TPSA) is 124 Å². The zero-order valence-electron chi connectivity index (χ0n) is 20.6. The van der Waals surface area contributed by atoms with E-state index in [0.717, 1.165) is 30.7 Å². The average molecular weight is 511 g/mol. The molecule has 194 valence electrons. The number of H-pyrrole nitrogens is 1. The molecule has 1 atom stereocenters. The quantitative estimate of drug-likeness (QED) is 0.338. The van der Waals surface area contributed by atoms with Crippen LogP contribution in [0.5, 0.6) is 5.75 Å². The van der Waals surface area contributed by atoms with Gasteiger partial charge in [-0.05, 0) is 44.9 Å². The molecule has 1 fully saturated rings. The molecular formula is C25H27FN6O5. The highest BCUT2D eigenvalue weighted by molar-refractivity contribution is 6.02. The lowest BCUT2D eigenvalue weighted by Gasteiger charge is -2.26. The summed E-state index contributed by atoms with van der Waals surface area (Å²) in [5, 5.41) is 0.370. The van der Waals surface area contributed by atoms with Crippen LogP contribution in [0.2, 0.25) is 0 Å². The minimum absolute atomic E-state index is 0.0399. The summed E-state index contributed by atoms with van der Waals surface area (Å²) < 4.78 is 32.5. The summed E-state index contributed by atoms with van der Waals surface area (Å²) in [6, 6.07) is 4.00. The van der Waals surface area contributed by atoms with Gasteiger partial charge in [0, 0.05) is 11.9 Å². The summed E-state index contributed by atoms with van der Waals surface area (Å²) in [6.07, 6.45) is 4.78. The van der Waals surface area contributed by atoms with Crippen LogP contribution in [0.15, 0.2) is 30.9 Å². The van der Waals surface area contributed by atoms with E-state index in [1.54, 1.807) is 20.2 Å². The molecule has 4 aromatic rings. The third-order valence-corrected chi connectivity index (χ3v) is 6.31. The number of nitrogens with one attached hydrogen (secondary N) is 1. The zero-order chi connectivity index (χ0) is 25.9. The number of halogens is 1. The van der Waals surface area contributed by atoms with E-state index in [0.29, 0.717) is 16.6 Å². The maximum Gasteiger partial charge on any atom is 0.358 e. The number of fused-ring (bicyclic) bond motifs is 2. The van der Waals surface area contributed by atoms with E-state index in [1.165, 1.54) is 29.1 Å². The maximum atomic E-state index is 14.3. The van der Waals surface area contributed by atoms with Gasteiger partial charge in [0.15, 0.2) is 22.9 Å². The lowest BCUT2D eigenvalue weighted by atomic mass is 10.2. The maximum absolute atomic E-state index is 14.3. The number of ether oxygens (including phenoxy) is 3. The first-order valence-electron chi connectivity index (χ1n) is 12.2. The number of carbonyl (C=O) groups excluding carboxylic acids is 2. The van der Waals surface area contributed by atoms with Crippen molar-refractivity contribution in [1.82, 2.24) is 24.5 Å². The van der Waals surface area contributed by atoms with Crippen molar-refractivity contribution in [2.45, 2.75) is 39.3 Å². The fourth-order valence-corrected chi connectivity index (χ4v) is 4.78. The molecule has 0 bridgehead atoms. The second kappa shape index (κ2) is 10.4. The fourth-order valence-electron chi connectivity index (χ4n) is 4.78. The predicted molar refractivity (Wildman–Crippen MR) is 132 cm³/mol. The summed E-state index contributed by atoms with van der Waals surface area (Å²) >= 11 is 0. The van der Waals surface area contributed by atoms with E-state index in [1.807, 2.05) is 0 Å². The molecule has 0 radical (unpaired) electrons. The van der Waals surface area contributed by atoms with E-state index in [4.69, 9.17) is 14.2 Å². The van der Waals surface area contributed by atoms with Gasteiger partial charge < -0.3 is 28.7 Å². The molecule has 1 unspecified atom stereocenters. The second-order valence-electron chi connectivity index (χ2n) is 8.55. The van der Waals surface area contributed by atoms with Crippen molar-refractivity contribution < 1.29 is 28.2 Å². The van der Waals surface area contributed by atoms with Crippen LogP contribution < -0.4 is 9.64 Å². The third-order valence-electron chi connectivity index (χ3n) is 6.31. The molecule has 3 aromatic heterocycles. The van der Waals surface area contributed by atoms with Crippen LogP contribution in [0.3, 0.4) is 0 Å². The summed E-state index contributed by atoms with van der Waals surface area (Å²) in [4.78, 5) is 43.5. The van der Waals surface area contributed by atoms with Crippen molar-refractivity contribution in [2.75, 3.05) is 31.3 Å². The Hall–Kier alpha value is -4.22. The highest BCUT2D eigenvalue weighted by Crippen LogP contribution is 2.36. The fraction of sp³-hybridized carbons (Fsp3) is 0.400. The first-order chi connectivity index (χ1) is 18.0. The Morgan fingerprint density at radius 3 is 2.81 bits per heavy atom. The van der Waals surface area contributed by atoms with Gasteiger partial charge in [-0.25, -0.2) is 24.1 Å². The molecule has 0 saturated carbocycles. The Labute approximate surface area is 211 Å². The molecule has 37 heavy (non-hydrogen) atoms. The zero-order valence-corrected chi connectivity index (χ0v) is 20.6. The van der Waals surface area contributed by atoms with Crippen LogP contribution in [0, 0.1) is 5.82 Å². The number of esters is 2. The van der Waals surface area contributed by atoms with Gasteiger partial charge in [0.05, 0.1) is 31.1 Å². The molecule has 12 heteroatoms. The third kappa shape index (κ3) is 4.66. The molecule has 4 heterocycles. The van der Waals surface area contributed by atoms with E-state index in [9.17, 15) is 14.0 Å². The first-order valence-corrected chi connectivity index (χ1v) is 12.2. The molecule has 1 aromatic carbocycles. The normalized spacial score (nSPS) is 15.4. The molecule has 0 spiro atoms. The highest BCUT2D eigenvalue weighted by Gasteiger charge is 2.31. The highest BCUT2D eigenvalue weighted by atomic mass is 19.1. The number of imidazole rings is 1. The molecule has 1 aliphatic rings. The predicted octanol–water partition coefficient (Wildman–Crippen LogP) is 3.23. The SMILES string of the molecule is CCOC(=O)Cn1c(C(=O)OCC)c(OCC2CCCN2c2ncnc3nc[nH]c23)c2cc(F)ccc21. The lowest BCUT2D eigenvalue weighted by molar-refractivity contribution is -0.143. The summed E-state index contributed by atoms with van der Waals surface area (Å²) in [6.45, 7) is 4.40. The van der Waals surface area contributed by atoms with Crippen molar-refractivity contribution in [3.05, 3.63) is 42.4 Å². The number of carbonyl (C=O) groups is 2. The van der Waals surface area contributed by atoms with Gasteiger partial charge in [0.25, 0.3) is 0 Å². The van der Waals surface area contributed by atoms with Crippen LogP contribution in [-0.4, -0.2) is 68.8 Å². The van der Waals surface area contributed by atoms with E-state index >= 15 is 0 Å². The molecule has 5 rings (SSSR count). The number of rotatable bonds is 9. The number of benzene rings is 1. The van der Waals surface area contributed by atoms with Gasteiger partial charge in [-0.3, -0.25) is 4.79 Å². The molecule has 1 aliphatic heterocycles. The van der Waals surface area contributed by atoms with Crippen molar-refractivity contribution in [3.63, 3.8) is 0 Å². The Balaban J connectivity index is 1.51. The summed E-state index contributed by atoms with van der Waals surface area (Å²) in [5.41, 5.74) is 1.80. The van der Waals surface area contributed by atoms with Crippen LogP contribution in [-0.2, 0) is 20.8 Å². The number of hydrogen-bond acceptors (Lipinski definition) is 9. The minimum atomic E-state index is -0.670. The number of aromatic nitrogens is 5. The first kappa shape index (κ1) is 24.5. The van der Waals surface area contributed by atoms with Crippen LogP contribution in [0.1, 0.15) is 37.2 Å². The number of aromatic amines is 1. The van der Waals surface area contributed by atoms with Gasteiger partial charge in [-0.2, -0.15) is 0 Å². The number of nitrogens with zero attached hydrogens (tertiary/aromatic N) is 5. The van der Waals surface area contributed by atoms with Crippen molar-refractivity contribution in [1.29, 1.82) is 0 Å². The van der Waals surface area contributed by atoms with Crippen molar-refractivity contribution >= 4 is 39.8 Å². The van der Waals surface area contributed by atoms with E-state index in [2.05, 4.69) is 24.8 Å². The Morgan fingerprint density at radius 2 is 2.00 bits per heavy atom. The van der Waals surface area contributed by atoms with Crippen LogP contribution >= 0.6 is 0 Å². The monoisotopic (exact) mass is 510 g/mol. The lowest BCUT2D eigenvalue weighted by Crippen LogP contribution is -2.35. The Kier molecular flexibility index (Phi) is 6.89. The van der Waals surface area contributed by atoms with E-state index < -0.39 is 17.8 Å². The molecule has 0 aliphatic carbocycles. The number of hydrogen-bond donors (Lipinski definition) is 1. The summed E-state index contributed by atoms with van der Waals surface area (Å²) in [7, 11) is 0. The molecular weight excluding hydrogens is 483 g/mol. The molecule has 0 amide bonds. The summed E-state index contributed by atoms with van der Waals surface area (Å²) in [5.74, 6) is -0.814. The Morgan fingerprint density at radius 1 is 1.16 bits per heavy atom. The van der Waals surface area contributed by atoms with Crippen molar-refractivity contribution in [3.8, 4) is 5.75 Å². The van der Waals surface area contributed by atoms with Gasteiger partial charge in [0.2, 0.25) is 0 Å². The van der Waals surface area contributed by atoms with Gasteiger partial charge in [-0.15, -0.1) is 0 Å². The average Bonchev–Trinajstić information content (AvgIpc) is 3.60. The second-order valence-corrected chi connectivity index (χ2v) is 8.55. The van der Waals surface area contributed by atoms with E-state index in [-0.39, 0.29) is 43.9 Å². The van der Waals surface area contributed by atoms with Gasteiger partial charge in [-0.1, -0.05) is 0 Å². The van der Waals surface area contributed by atoms with Gasteiger partial charge >= 0.3 is 11.9 Å². The molecule has 1 N–H and O–H groups in total. The largest absolute Gasteiger partial charge is 0.488 e. The van der Waals surface area contributed by atoms with Gasteiger partial charge in [0.1, 0.15) is 30.8 Å². The van der Waals surface area contributed by atoms with Crippen molar-refractivity contribution in [2.24, 2.45) is 0 Å². The minimum Gasteiger partial charge on any atom is -0.488 e. The molecule has 1 saturated heterocycles. The van der Waals surface area contributed by atoms with Crippen LogP contribution in [0.4, 0.5) is 10.2 Å². The van der Waals surface area contributed by atoms with Crippen LogP contribution in [0.25, 0.3) is 22.1 Å². The number of anilines is 1. The standard InChI is InChI=1S/C25H27FN6O5/c1-3-35-19(33)11-32-18-8-7-15(26)10-17(18)22(21(32)25(34)36-4-2)37-12-16-6-5-9-31(16)24-20-23(28-13-27-20)29-14-30-24/h7-8,10,13-14,16H,3-6,9,11-12H2,1-2H3,(H,27,28,29,30). The molecule has 11 nitrogen and oxygen atoms in total. The smallest absolute Gasteiger partial charge is 0.358 e.